The molecule has 1 fully saturated rings. The van der Waals surface area contributed by atoms with Crippen molar-refractivity contribution in [1.82, 2.24) is 10.2 Å². The summed E-state index contributed by atoms with van der Waals surface area (Å²) in [6, 6.07) is 5.92. The normalized spacial score (nSPS) is 16.8. The Labute approximate surface area is 159 Å². The number of benzene rings is 1. The van der Waals surface area contributed by atoms with E-state index >= 15 is 0 Å². The molecule has 2 aromatic rings. The molecular weight excluding hydrogens is 406 g/mol. The maximum atomic E-state index is 12.1. The van der Waals surface area contributed by atoms with Crippen molar-refractivity contribution >= 4 is 38.3 Å². The molecule has 25 heavy (non-hydrogen) atoms. The molecule has 0 aliphatic carbocycles. The highest BCUT2D eigenvalue weighted by Crippen LogP contribution is 2.32. The van der Waals surface area contributed by atoms with Crippen LogP contribution in [0.2, 0.25) is 0 Å². The number of ether oxygens (including phenoxy) is 2. The van der Waals surface area contributed by atoms with Crippen LogP contribution in [0.3, 0.4) is 0 Å². The lowest BCUT2D eigenvalue weighted by molar-refractivity contribution is -0.118. The van der Waals surface area contributed by atoms with Gasteiger partial charge in [-0.25, -0.2) is 0 Å². The van der Waals surface area contributed by atoms with Gasteiger partial charge in [-0.1, -0.05) is 30.7 Å². The van der Waals surface area contributed by atoms with E-state index in [1.54, 1.807) is 0 Å². The highest BCUT2D eigenvalue weighted by Gasteiger charge is 2.22. The molecule has 134 valence electrons. The van der Waals surface area contributed by atoms with Crippen molar-refractivity contribution in [2.75, 3.05) is 18.5 Å². The number of carbonyl (C=O) groups excluding carboxylic acids is 1. The first-order chi connectivity index (χ1) is 12.2. The zero-order valence-electron chi connectivity index (χ0n) is 14.0. The first kappa shape index (κ1) is 18.3. The molecular formula is C17H20BrN3O3S. The van der Waals surface area contributed by atoms with E-state index in [9.17, 15) is 4.79 Å². The number of carbonyl (C=O) groups is 1. The van der Waals surface area contributed by atoms with Gasteiger partial charge in [0, 0.05) is 6.61 Å². The summed E-state index contributed by atoms with van der Waals surface area (Å²) in [4.78, 5) is 12.1. The van der Waals surface area contributed by atoms with Crippen molar-refractivity contribution in [3.63, 3.8) is 0 Å². The second-order valence-corrected chi connectivity index (χ2v) is 7.66. The molecule has 0 bridgehead atoms. The molecule has 1 saturated heterocycles. The first-order valence-corrected chi connectivity index (χ1v) is 9.92. The summed E-state index contributed by atoms with van der Waals surface area (Å²) in [5, 5.41) is 12.1. The molecule has 2 heterocycles. The molecule has 8 heteroatoms. The lowest BCUT2D eigenvalue weighted by Crippen LogP contribution is -2.20. The quantitative estimate of drug-likeness (QED) is 0.721. The van der Waals surface area contributed by atoms with E-state index in [4.69, 9.17) is 9.47 Å². The van der Waals surface area contributed by atoms with Gasteiger partial charge >= 0.3 is 0 Å². The van der Waals surface area contributed by atoms with Crippen LogP contribution in [0.1, 0.15) is 42.9 Å². The minimum absolute atomic E-state index is 0.0111. The third-order valence-corrected chi connectivity index (χ3v) is 5.34. The molecule has 1 aliphatic rings. The van der Waals surface area contributed by atoms with Crippen molar-refractivity contribution in [3.8, 4) is 5.75 Å². The van der Waals surface area contributed by atoms with Crippen molar-refractivity contribution in [2.45, 2.75) is 38.7 Å². The second kappa shape index (κ2) is 8.73. The molecule has 1 aromatic carbocycles. The Kier molecular flexibility index (Phi) is 6.39. The van der Waals surface area contributed by atoms with Gasteiger partial charge in [0.15, 0.2) is 6.61 Å². The number of amides is 1. The number of aromatic nitrogens is 2. The number of halogens is 1. The fourth-order valence-corrected chi connectivity index (χ4v) is 3.98. The summed E-state index contributed by atoms with van der Waals surface area (Å²) >= 11 is 4.83. The van der Waals surface area contributed by atoms with E-state index in [1.165, 1.54) is 16.9 Å². The Hall–Kier alpha value is -1.51. The Morgan fingerprint density at radius 2 is 2.36 bits per heavy atom. The van der Waals surface area contributed by atoms with Crippen LogP contribution in [0.5, 0.6) is 5.75 Å². The Morgan fingerprint density at radius 3 is 3.08 bits per heavy atom. The molecule has 1 aliphatic heterocycles. The summed E-state index contributed by atoms with van der Waals surface area (Å²) in [5.74, 6) is 0.381. The van der Waals surface area contributed by atoms with Crippen molar-refractivity contribution in [2.24, 2.45) is 0 Å². The molecule has 0 radical (unpaired) electrons. The van der Waals surface area contributed by atoms with Crippen LogP contribution in [0.15, 0.2) is 22.7 Å². The first-order valence-electron chi connectivity index (χ1n) is 8.31. The fraction of sp³-hybridized carbons (Fsp3) is 0.471. The maximum absolute atomic E-state index is 12.1. The highest BCUT2D eigenvalue weighted by atomic mass is 79.9. The second-order valence-electron chi connectivity index (χ2n) is 5.80. The van der Waals surface area contributed by atoms with Gasteiger partial charge in [-0.3, -0.25) is 10.1 Å². The summed E-state index contributed by atoms with van der Waals surface area (Å²) in [7, 11) is 0. The van der Waals surface area contributed by atoms with Gasteiger partial charge in [0.25, 0.3) is 5.91 Å². The smallest absolute Gasteiger partial charge is 0.264 e. The van der Waals surface area contributed by atoms with Crippen LogP contribution < -0.4 is 10.1 Å². The zero-order chi connectivity index (χ0) is 17.6. The maximum Gasteiger partial charge on any atom is 0.264 e. The van der Waals surface area contributed by atoms with E-state index in [1.807, 2.05) is 18.2 Å². The summed E-state index contributed by atoms with van der Waals surface area (Å²) in [6.45, 7) is 2.81. The molecule has 0 spiro atoms. The minimum atomic E-state index is -0.264. The van der Waals surface area contributed by atoms with Crippen LogP contribution in [0.25, 0.3) is 0 Å². The van der Waals surface area contributed by atoms with Crippen molar-refractivity contribution in [1.29, 1.82) is 0 Å². The Balaban J connectivity index is 1.51. The molecule has 1 aromatic heterocycles. The SMILES string of the molecule is CCCc1ccc(OCC(=O)Nc2nnc(C3CCCO3)s2)c(Br)c1. The van der Waals surface area contributed by atoms with E-state index in [2.05, 4.69) is 38.4 Å². The molecule has 1 N–H and O–H groups in total. The highest BCUT2D eigenvalue weighted by molar-refractivity contribution is 9.10. The number of nitrogens with zero attached hydrogens (tertiary/aromatic N) is 2. The molecule has 1 amide bonds. The third-order valence-electron chi connectivity index (χ3n) is 3.79. The van der Waals surface area contributed by atoms with Crippen LogP contribution >= 0.6 is 27.3 Å². The molecule has 0 saturated carbocycles. The van der Waals surface area contributed by atoms with E-state index < -0.39 is 0 Å². The van der Waals surface area contributed by atoms with E-state index in [-0.39, 0.29) is 18.6 Å². The number of rotatable bonds is 7. The van der Waals surface area contributed by atoms with Gasteiger partial charge < -0.3 is 9.47 Å². The summed E-state index contributed by atoms with van der Waals surface area (Å²) in [5.41, 5.74) is 1.24. The predicted molar refractivity (Wildman–Crippen MR) is 100 cm³/mol. The number of hydrogen-bond donors (Lipinski definition) is 1. The number of nitrogens with one attached hydrogen (secondary N) is 1. The molecule has 1 atom stereocenters. The van der Waals surface area contributed by atoms with Gasteiger partial charge in [0.05, 0.1) is 4.47 Å². The van der Waals surface area contributed by atoms with Crippen LogP contribution in [0, 0.1) is 0 Å². The number of anilines is 1. The third kappa shape index (κ3) is 4.99. The van der Waals surface area contributed by atoms with Crippen LogP contribution in [-0.2, 0) is 16.0 Å². The van der Waals surface area contributed by atoms with E-state index in [0.29, 0.717) is 10.9 Å². The largest absolute Gasteiger partial charge is 0.483 e. The van der Waals surface area contributed by atoms with Gasteiger partial charge in [-0.2, -0.15) is 0 Å². The lowest BCUT2D eigenvalue weighted by atomic mass is 10.1. The van der Waals surface area contributed by atoms with Crippen LogP contribution in [-0.4, -0.2) is 29.3 Å². The van der Waals surface area contributed by atoms with Crippen molar-refractivity contribution in [3.05, 3.63) is 33.2 Å². The summed E-state index contributed by atoms with van der Waals surface area (Å²) < 4.78 is 12.0. The zero-order valence-corrected chi connectivity index (χ0v) is 16.4. The number of hydrogen-bond acceptors (Lipinski definition) is 6. The van der Waals surface area contributed by atoms with E-state index in [0.717, 1.165) is 41.8 Å². The van der Waals surface area contributed by atoms with Crippen molar-refractivity contribution < 1.29 is 14.3 Å². The fourth-order valence-electron chi connectivity index (χ4n) is 2.59. The molecule has 1 unspecified atom stereocenters. The van der Waals surface area contributed by atoms with Gasteiger partial charge in [-0.15, -0.1) is 10.2 Å². The average molecular weight is 426 g/mol. The minimum Gasteiger partial charge on any atom is -0.483 e. The Bertz CT molecular complexity index is 732. The van der Waals surface area contributed by atoms with Gasteiger partial charge in [-0.05, 0) is 52.9 Å². The molecule has 6 nitrogen and oxygen atoms in total. The average Bonchev–Trinajstić information content (AvgIpc) is 3.25. The number of aryl methyl sites for hydroxylation is 1. The van der Waals surface area contributed by atoms with Crippen LogP contribution in [0.4, 0.5) is 5.13 Å². The van der Waals surface area contributed by atoms with Gasteiger partial charge in [0.2, 0.25) is 5.13 Å². The van der Waals surface area contributed by atoms with Gasteiger partial charge in [0.1, 0.15) is 16.9 Å². The topological polar surface area (TPSA) is 73.3 Å². The molecule has 3 rings (SSSR count). The predicted octanol–water partition coefficient (Wildman–Crippen LogP) is 4.12. The standard InChI is InChI=1S/C17H20BrN3O3S/c1-2-4-11-6-7-13(12(18)9-11)24-10-15(22)19-17-21-20-16(25-17)14-5-3-8-23-14/h6-7,9,14H,2-5,8,10H2,1H3,(H,19,21,22). The Morgan fingerprint density at radius 1 is 1.48 bits per heavy atom. The summed E-state index contributed by atoms with van der Waals surface area (Å²) in [6.07, 6.45) is 4.10. The lowest BCUT2D eigenvalue weighted by Gasteiger charge is -2.09. The monoisotopic (exact) mass is 425 g/mol.